The second-order valence-electron chi connectivity index (χ2n) is 10.9. The number of anilines is 1. The first-order chi connectivity index (χ1) is 15.6. The van der Waals surface area contributed by atoms with Gasteiger partial charge in [-0.15, -0.1) is 0 Å². The minimum atomic E-state index is -0.831. The fraction of sp³-hybridized carbons (Fsp3) is 0.615. The number of aliphatic hydroxyl groups is 1. The number of rotatable bonds is 5. The van der Waals surface area contributed by atoms with Gasteiger partial charge in [-0.1, -0.05) is 11.6 Å². The molecule has 1 saturated carbocycles. The number of benzene rings is 1. The number of pyridine rings is 1. The van der Waals surface area contributed by atoms with E-state index >= 15 is 0 Å². The molecule has 3 fully saturated rings. The van der Waals surface area contributed by atoms with Crippen LogP contribution in [0.3, 0.4) is 0 Å². The summed E-state index contributed by atoms with van der Waals surface area (Å²) in [6.45, 7) is 9.64. The van der Waals surface area contributed by atoms with Gasteiger partial charge in [-0.3, -0.25) is 9.69 Å². The van der Waals surface area contributed by atoms with Crippen LogP contribution in [0.25, 0.3) is 10.8 Å². The van der Waals surface area contributed by atoms with Crippen LogP contribution in [0.1, 0.15) is 57.9 Å². The lowest BCUT2D eigenvalue weighted by atomic mass is 9.86. The molecule has 1 aromatic heterocycles. The lowest BCUT2D eigenvalue weighted by molar-refractivity contribution is -0.118. The molecule has 33 heavy (non-hydrogen) atoms. The highest BCUT2D eigenvalue weighted by Crippen LogP contribution is 2.46. The van der Waals surface area contributed by atoms with Gasteiger partial charge in [-0.2, -0.15) is 0 Å². The van der Waals surface area contributed by atoms with Gasteiger partial charge in [-0.05, 0) is 101 Å². The Morgan fingerprint density at radius 1 is 1.27 bits per heavy atom. The summed E-state index contributed by atoms with van der Waals surface area (Å²) in [6, 6.07) is 6.10. The van der Waals surface area contributed by atoms with E-state index in [1.165, 1.54) is 5.56 Å². The maximum absolute atomic E-state index is 12.6. The molecule has 0 unspecified atom stereocenters. The molecule has 1 aromatic carbocycles. The predicted molar refractivity (Wildman–Crippen MR) is 131 cm³/mol. The number of hydrogen-bond donors (Lipinski definition) is 2. The monoisotopic (exact) mass is 471 g/mol. The summed E-state index contributed by atoms with van der Waals surface area (Å²) in [5, 5.41) is 15.9. The van der Waals surface area contributed by atoms with Crippen molar-refractivity contribution in [2.45, 2.75) is 63.5 Å². The molecule has 3 aliphatic rings. The molecule has 7 heteroatoms. The van der Waals surface area contributed by atoms with Crippen LogP contribution >= 0.6 is 11.6 Å². The normalized spacial score (nSPS) is 28.9. The summed E-state index contributed by atoms with van der Waals surface area (Å²) in [5.74, 6) is 0.758. The second-order valence-corrected chi connectivity index (χ2v) is 11.4. The van der Waals surface area contributed by atoms with E-state index in [4.69, 9.17) is 16.3 Å². The number of nitrogens with zero attached hydrogens (tertiary/aromatic N) is 2. The molecule has 0 bridgehead atoms. The number of aromatic nitrogens is 1. The number of hydrogen-bond acceptors (Lipinski definition) is 5. The number of likely N-dealkylation sites (tertiary alicyclic amines) is 1. The molecule has 2 aromatic rings. The fourth-order valence-electron chi connectivity index (χ4n) is 5.69. The van der Waals surface area contributed by atoms with Gasteiger partial charge in [0.1, 0.15) is 5.82 Å². The third kappa shape index (κ3) is 4.63. The zero-order chi connectivity index (χ0) is 23.4. The maximum atomic E-state index is 12.6. The quantitative estimate of drug-likeness (QED) is 0.667. The van der Waals surface area contributed by atoms with Crippen LogP contribution in [0, 0.1) is 11.8 Å². The molecule has 0 spiro atoms. The third-order valence-electron chi connectivity index (χ3n) is 8.02. The molecule has 1 amide bonds. The van der Waals surface area contributed by atoms with Crippen LogP contribution in [0.15, 0.2) is 24.4 Å². The topological polar surface area (TPSA) is 74.7 Å². The Balaban J connectivity index is 1.29. The number of amides is 1. The van der Waals surface area contributed by atoms with Crippen LogP contribution in [0.5, 0.6) is 0 Å². The van der Waals surface area contributed by atoms with Crippen LogP contribution in [0.4, 0.5) is 5.82 Å². The van der Waals surface area contributed by atoms with Gasteiger partial charge in [0.2, 0.25) is 5.91 Å². The van der Waals surface area contributed by atoms with Gasteiger partial charge >= 0.3 is 0 Å². The van der Waals surface area contributed by atoms with E-state index < -0.39 is 5.60 Å². The van der Waals surface area contributed by atoms with E-state index in [-0.39, 0.29) is 23.3 Å². The summed E-state index contributed by atoms with van der Waals surface area (Å²) in [5.41, 5.74) is 0.523. The van der Waals surface area contributed by atoms with Crippen LogP contribution in [-0.2, 0) is 9.53 Å². The number of carbonyl (C=O) groups excluding carboxylic acids is 1. The van der Waals surface area contributed by atoms with Crippen molar-refractivity contribution in [2.24, 2.45) is 11.8 Å². The molecule has 5 rings (SSSR count). The Morgan fingerprint density at radius 2 is 2.03 bits per heavy atom. The molecule has 178 valence electrons. The van der Waals surface area contributed by atoms with Crippen molar-refractivity contribution < 1.29 is 14.6 Å². The van der Waals surface area contributed by atoms with Gasteiger partial charge in [0.05, 0.1) is 12.2 Å². The first kappa shape index (κ1) is 23.0. The van der Waals surface area contributed by atoms with E-state index in [0.29, 0.717) is 18.2 Å². The van der Waals surface area contributed by atoms with E-state index in [1.54, 1.807) is 20.0 Å². The van der Waals surface area contributed by atoms with Crippen molar-refractivity contribution >= 4 is 34.1 Å². The van der Waals surface area contributed by atoms with Gasteiger partial charge in [-0.25, -0.2) is 4.98 Å². The molecular weight excluding hydrogens is 438 g/mol. The SMILES string of the molecule is CC(C)(O)[C@@H]1C[C@H]1C(=O)Nc1cc2cc(C3CCN([C@]4(C)CCOC4)CC3)c(Cl)cc2cn1. The van der Waals surface area contributed by atoms with Gasteiger partial charge in [0.25, 0.3) is 0 Å². The molecule has 2 aliphatic heterocycles. The van der Waals surface area contributed by atoms with Crippen molar-refractivity contribution in [1.29, 1.82) is 0 Å². The Morgan fingerprint density at radius 3 is 2.67 bits per heavy atom. The van der Waals surface area contributed by atoms with Crippen molar-refractivity contribution in [1.82, 2.24) is 9.88 Å². The van der Waals surface area contributed by atoms with Crippen LogP contribution in [-0.4, -0.2) is 58.3 Å². The highest BCUT2D eigenvalue weighted by atomic mass is 35.5. The van der Waals surface area contributed by atoms with E-state index in [1.807, 2.05) is 12.1 Å². The van der Waals surface area contributed by atoms with Gasteiger partial charge in [0, 0.05) is 34.7 Å². The summed E-state index contributed by atoms with van der Waals surface area (Å²) < 4.78 is 5.66. The standard InChI is InChI=1S/C26H34ClN3O3/c1-25(2,32)21-13-20(21)24(31)29-23-12-17-10-19(22(27)11-18(17)14-28-23)16-4-7-30(8-5-16)26(3)6-9-33-15-26/h10-12,14,16,20-21,32H,4-9,13,15H2,1-3H3,(H,28,29,31)/t20-,21-,26-/m1/s1. The van der Waals surface area contributed by atoms with E-state index in [9.17, 15) is 9.90 Å². The van der Waals surface area contributed by atoms with Gasteiger partial charge < -0.3 is 15.2 Å². The second kappa shape index (κ2) is 8.49. The average Bonchev–Trinajstić information content (AvgIpc) is 3.49. The largest absolute Gasteiger partial charge is 0.390 e. The van der Waals surface area contributed by atoms with Crippen molar-refractivity contribution in [2.75, 3.05) is 31.6 Å². The van der Waals surface area contributed by atoms with Gasteiger partial charge in [0.15, 0.2) is 0 Å². The Labute approximate surface area is 200 Å². The molecule has 1 aliphatic carbocycles. The number of nitrogens with one attached hydrogen (secondary N) is 1. The molecule has 6 nitrogen and oxygen atoms in total. The summed E-state index contributed by atoms with van der Waals surface area (Å²) in [6.07, 6.45) is 5.75. The zero-order valence-electron chi connectivity index (χ0n) is 19.7. The number of ether oxygens (including phenoxy) is 1. The molecule has 0 radical (unpaired) electrons. The van der Waals surface area contributed by atoms with Crippen LogP contribution in [0.2, 0.25) is 5.02 Å². The Kier molecular flexibility index (Phi) is 5.93. The average molecular weight is 472 g/mol. The predicted octanol–water partition coefficient (Wildman–Crippen LogP) is 4.59. The molecule has 3 heterocycles. The number of carbonyl (C=O) groups is 1. The molecule has 3 atom stereocenters. The Bertz CT molecular complexity index is 1050. The lowest BCUT2D eigenvalue weighted by Crippen LogP contribution is -2.50. The number of fused-ring (bicyclic) bond motifs is 1. The highest BCUT2D eigenvalue weighted by molar-refractivity contribution is 6.32. The highest BCUT2D eigenvalue weighted by Gasteiger charge is 2.51. The van der Waals surface area contributed by atoms with E-state index in [2.05, 4.69) is 28.2 Å². The Hall–Kier alpha value is -1.73. The van der Waals surface area contributed by atoms with Crippen molar-refractivity contribution in [3.8, 4) is 0 Å². The van der Waals surface area contributed by atoms with Crippen molar-refractivity contribution in [3.63, 3.8) is 0 Å². The molecular formula is C26H34ClN3O3. The first-order valence-corrected chi connectivity index (χ1v) is 12.5. The summed E-state index contributed by atoms with van der Waals surface area (Å²) in [4.78, 5) is 19.6. The minimum Gasteiger partial charge on any atom is -0.390 e. The fourth-order valence-corrected chi connectivity index (χ4v) is 6.01. The molecule has 2 N–H and O–H groups in total. The first-order valence-electron chi connectivity index (χ1n) is 12.1. The summed E-state index contributed by atoms with van der Waals surface area (Å²) >= 11 is 6.71. The third-order valence-corrected chi connectivity index (χ3v) is 8.35. The lowest BCUT2D eigenvalue weighted by Gasteiger charge is -2.42. The smallest absolute Gasteiger partial charge is 0.229 e. The molecule has 2 saturated heterocycles. The zero-order valence-corrected chi connectivity index (χ0v) is 20.5. The van der Waals surface area contributed by atoms with Crippen LogP contribution < -0.4 is 5.32 Å². The van der Waals surface area contributed by atoms with E-state index in [0.717, 1.165) is 61.4 Å². The summed E-state index contributed by atoms with van der Waals surface area (Å²) in [7, 11) is 0. The minimum absolute atomic E-state index is 0.00675. The van der Waals surface area contributed by atoms with Crippen molar-refractivity contribution in [3.05, 3.63) is 35.0 Å². The number of halogens is 1. The number of piperidine rings is 1. The maximum Gasteiger partial charge on any atom is 0.229 e.